The van der Waals surface area contributed by atoms with Gasteiger partial charge in [0, 0.05) is 6.42 Å². The lowest BCUT2D eigenvalue weighted by molar-refractivity contribution is -0.0635. The molecule has 0 N–H and O–H groups in total. The molecule has 16 heavy (non-hydrogen) atoms. The third kappa shape index (κ3) is 2.99. The largest absolute Gasteiger partial charge is 0.508 e. The monoisotopic (exact) mass is 232 g/mol. The van der Waals surface area contributed by atoms with E-state index in [2.05, 4.69) is 9.47 Å². The van der Waals surface area contributed by atoms with Crippen LogP contribution in [0.4, 0.5) is 9.59 Å². The molecule has 0 aromatic heterocycles. The molecule has 0 bridgehead atoms. The Labute approximate surface area is 91.5 Å². The standard InChI is InChI=1S/C9H12O7/c10-8-13-2-1-6(15-8)3-12-4-7-5-14-9(11)16-7/h6-7H,1-5H2. The molecular formula is C9H12O7. The number of cyclic esters (lactones) is 4. The molecule has 2 heterocycles. The molecule has 0 saturated carbocycles. The maximum Gasteiger partial charge on any atom is 0.508 e. The summed E-state index contributed by atoms with van der Waals surface area (Å²) in [5.74, 6) is 0. The molecule has 2 rings (SSSR count). The molecule has 2 aliphatic heterocycles. The summed E-state index contributed by atoms with van der Waals surface area (Å²) in [5, 5.41) is 0. The van der Waals surface area contributed by atoms with Crippen LogP contribution in [-0.4, -0.2) is 50.9 Å². The smallest absolute Gasteiger partial charge is 0.434 e. The fourth-order valence-corrected chi connectivity index (χ4v) is 1.40. The first-order valence-electron chi connectivity index (χ1n) is 4.98. The first kappa shape index (κ1) is 11.0. The topological polar surface area (TPSA) is 80.3 Å². The summed E-state index contributed by atoms with van der Waals surface area (Å²) < 4.78 is 24.0. The van der Waals surface area contributed by atoms with Crippen molar-refractivity contribution in [3.63, 3.8) is 0 Å². The lowest BCUT2D eigenvalue weighted by Crippen LogP contribution is -2.32. The third-order valence-electron chi connectivity index (χ3n) is 2.18. The predicted octanol–water partition coefficient (Wildman–Crippen LogP) is 0.464. The van der Waals surface area contributed by atoms with E-state index in [-0.39, 0.29) is 32.0 Å². The summed E-state index contributed by atoms with van der Waals surface area (Å²) in [6.45, 7) is 1.05. The van der Waals surface area contributed by atoms with E-state index in [0.717, 1.165) is 0 Å². The molecule has 0 radical (unpaired) electrons. The molecule has 2 saturated heterocycles. The number of ether oxygens (including phenoxy) is 5. The molecule has 0 aromatic carbocycles. The molecule has 7 nitrogen and oxygen atoms in total. The number of carbonyl (C=O) groups excluding carboxylic acids is 2. The van der Waals surface area contributed by atoms with Crippen molar-refractivity contribution in [2.75, 3.05) is 26.4 Å². The average molecular weight is 232 g/mol. The Morgan fingerprint density at radius 2 is 1.75 bits per heavy atom. The van der Waals surface area contributed by atoms with Crippen LogP contribution in [0.5, 0.6) is 0 Å². The number of carbonyl (C=O) groups is 2. The summed E-state index contributed by atoms with van der Waals surface area (Å²) in [6.07, 6.45) is -1.41. The number of rotatable bonds is 4. The molecule has 7 heteroatoms. The van der Waals surface area contributed by atoms with Crippen molar-refractivity contribution in [2.24, 2.45) is 0 Å². The Kier molecular flexibility index (Phi) is 3.45. The molecule has 0 aliphatic carbocycles. The molecule has 0 aromatic rings. The summed E-state index contributed by atoms with van der Waals surface area (Å²) in [5.41, 5.74) is 0. The van der Waals surface area contributed by atoms with Gasteiger partial charge < -0.3 is 23.7 Å². The minimum Gasteiger partial charge on any atom is -0.434 e. The van der Waals surface area contributed by atoms with Crippen molar-refractivity contribution in [3.8, 4) is 0 Å². The van der Waals surface area contributed by atoms with Gasteiger partial charge in [-0.1, -0.05) is 0 Å². The summed E-state index contributed by atoms with van der Waals surface area (Å²) >= 11 is 0. The highest BCUT2D eigenvalue weighted by Gasteiger charge is 2.26. The first-order chi connectivity index (χ1) is 7.74. The Bertz CT molecular complexity index is 277. The van der Waals surface area contributed by atoms with Gasteiger partial charge in [0.05, 0.1) is 19.8 Å². The van der Waals surface area contributed by atoms with Crippen LogP contribution in [0.3, 0.4) is 0 Å². The SMILES string of the molecule is O=C1OCCC(COCC2COC(=O)O2)O1. The Morgan fingerprint density at radius 1 is 1.06 bits per heavy atom. The molecular weight excluding hydrogens is 220 g/mol. The molecule has 90 valence electrons. The van der Waals surface area contributed by atoms with Gasteiger partial charge in [-0.25, -0.2) is 9.59 Å². The average Bonchev–Trinajstić information content (AvgIpc) is 2.64. The van der Waals surface area contributed by atoms with E-state index in [1.165, 1.54) is 0 Å². The number of hydrogen-bond acceptors (Lipinski definition) is 7. The van der Waals surface area contributed by atoms with Crippen LogP contribution in [0, 0.1) is 0 Å². The zero-order chi connectivity index (χ0) is 11.4. The van der Waals surface area contributed by atoms with E-state index >= 15 is 0 Å². The lowest BCUT2D eigenvalue weighted by atomic mass is 10.2. The van der Waals surface area contributed by atoms with Gasteiger partial charge in [-0.3, -0.25) is 0 Å². The normalized spacial score (nSPS) is 29.0. The van der Waals surface area contributed by atoms with Crippen molar-refractivity contribution >= 4 is 12.3 Å². The van der Waals surface area contributed by atoms with E-state index < -0.39 is 12.3 Å². The van der Waals surface area contributed by atoms with E-state index in [0.29, 0.717) is 13.0 Å². The van der Waals surface area contributed by atoms with Gasteiger partial charge in [-0.05, 0) is 0 Å². The van der Waals surface area contributed by atoms with Crippen molar-refractivity contribution in [1.82, 2.24) is 0 Å². The van der Waals surface area contributed by atoms with Gasteiger partial charge in [0.1, 0.15) is 12.7 Å². The van der Waals surface area contributed by atoms with Gasteiger partial charge in [-0.2, -0.15) is 0 Å². The molecule has 0 amide bonds. The van der Waals surface area contributed by atoms with Crippen LogP contribution in [0.25, 0.3) is 0 Å². The Balaban J connectivity index is 1.60. The molecule has 0 spiro atoms. The summed E-state index contributed by atoms with van der Waals surface area (Å²) in [4.78, 5) is 21.3. The summed E-state index contributed by atoms with van der Waals surface area (Å²) in [6, 6.07) is 0. The summed E-state index contributed by atoms with van der Waals surface area (Å²) in [7, 11) is 0. The highest BCUT2D eigenvalue weighted by molar-refractivity contribution is 5.61. The van der Waals surface area contributed by atoms with E-state index in [4.69, 9.17) is 14.2 Å². The van der Waals surface area contributed by atoms with Crippen molar-refractivity contribution in [1.29, 1.82) is 0 Å². The second kappa shape index (κ2) is 5.02. The minimum absolute atomic E-state index is 0.201. The van der Waals surface area contributed by atoms with Crippen LogP contribution in [0.15, 0.2) is 0 Å². The third-order valence-corrected chi connectivity index (χ3v) is 2.18. The zero-order valence-corrected chi connectivity index (χ0v) is 8.55. The second-order valence-corrected chi connectivity index (χ2v) is 3.47. The van der Waals surface area contributed by atoms with Crippen LogP contribution in [0.2, 0.25) is 0 Å². The Morgan fingerprint density at radius 3 is 2.44 bits per heavy atom. The fraction of sp³-hybridized carbons (Fsp3) is 0.778. The Hall–Kier alpha value is -1.50. The molecule has 2 atom stereocenters. The quantitative estimate of drug-likeness (QED) is 0.651. The molecule has 2 aliphatic rings. The van der Waals surface area contributed by atoms with Crippen LogP contribution in [0.1, 0.15) is 6.42 Å². The van der Waals surface area contributed by atoms with Crippen molar-refractivity contribution in [3.05, 3.63) is 0 Å². The zero-order valence-electron chi connectivity index (χ0n) is 8.55. The van der Waals surface area contributed by atoms with Gasteiger partial charge >= 0.3 is 12.3 Å². The van der Waals surface area contributed by atoms with E-state index in [1.54, 1.807) is 0 Å². The highest BCUT2D eigenvalue weighted by atomic mass is 16.8. The minimum atomic E-state index is -0.675. The first-order valence-corrected chi connectivity index (χ1v) is 4.98. The van der Waals surface area contributed by atoms with Crippen LogP contribution >= 0.6 is 0 Å². The van der Waals surface area contributed by atoms with Crippen LogP contribution < -0.4 is 0 Å². The van der Waals surface area contributed by atoms with Gasteiger partial charge in [0.2, 0.25) is 0 Å². The van der Waals surface area contributed by atoms with Gasteiger partial charge in [-0.15, -0.1) is 0 Å². The highest BCUT2D eigenvalue weighted by Crippen LogP contribution is 2.10. The van der Waals surface area contributed by atoms with Crippen molar-refractivity contribution < 1.29 is 33.3 Å². The van der Waals surface area contributed by atoms with E-state index in [1.807, 2.05) is 0 Å². The lowest BCUT2D eigenvalue weighted by Gasteiger charge is -2.22. The molecule has 2 unspecified atom stereocenters. The predicted molar refractivity (Wildman–Crippen MR) is 47.9 cm³/mol. The second-order valence-electron chi connectivity index (χ2n) is 3.47. The molecule has 2 fully saturated rings. The van der Waals surface area contributed by atoms with E-state index in [9.17, 15) is 9.59 Å². The maximum absolute atomic E-state index is 10.7. The van der Waals surface area contributed by atoms with Crippen LogP contribution in [-0.2, 0) is 23.7 Å². The maximum atomic E-state index is 10.7. The van der Waals surface area contributed by atoms with Gasteiger partial charge in [0.15, 0.2) is 6.10 Å². The fourth-order valence-electron chi connectivity index (χ4n) is 1.40. The number of hydrogen-bond donors (Lipinski definition) is 0. The van der Waals surface area contributed by atoms with Crippen molar-refractivity contribution in [2.45, 2.75) is 18.6 Å². The van der Waals surface area contributed by atoms with Gasteiger partial charge in [0.25, 0.3) is 0 Å².